The van der Waals surface area contributed by atoms with Gasteiger partial charge in [0.1, 0.15) is 11.3 Å². The van der Waals surface area contributed by atoms with Gasteiger partial charge in [-0.15, -0.1) is 0 Å². The van der Waals surface area contributed by atoms with Crippen molar-refractivity contribution >= 4 is 11.0 Å². The second-order valence-corrected chi connectivity index (χ2v) is 6.60. The lowest BCUT2D eigenvalue weighted by Crippen LogP contribution is -2.16. The first-order chi connectivity index (χ1) is 13.0. The van der Waals surface area contributed by atoms with E-state index in [1.54, 1.807) is 19.4 Å². The van der Waals surface area contributed by atoms with Crippen LogP contribution in [0.15, 0.2) is 24.4 Å². The Hall–Kier alpha value is -2.47. The summed E-state index contributed by atoms with van der Waals surface area (Å²) in [4.78, 5) is 9.40. The molecule has 144 valence electrons. The van der Waals surface area contributed by atoms with E-state index in [4.69, 9.17) is 14.5 Å². The van der Waals surface area contributed by atoms with Crippen molar-refractivity contribution in [2.45, 2.75) is 39.7 Å². The number of fused-ring (bicyclic) bond motifs is 1. The quantitative estimate of drug-likeness (QED) is 0.603. The fourth-order valence-electron chi connectivity index (χ4n) is 3.56. The number of halogens is 1. The van der Waals surface area contributed by atoms with Crippen molar-refractivity contribution < 1.29 is 13.9 Å². The molecule has 27 heavy (non-hydrogen) atoms. The zero-order valence-electron chi connectivity index (χ0n) is 16.5. The Morgan fingerprint density at radius 3 is 2.63 bits per heavy atom. The summed E-state index contributed by atoms with van der Waals surface area (Å²) >= 11 is 0. The van der Waals surface area contributed by atoms with Crippen molar-refractivity contribution in [1.29, 1.82) is 0 Å². The van der Waals surface area contributed by atoms with Crippen LogP contribution in [0.2, 0.25) is 0 Å². The van der Waals surface area contributed by atoms with Crippen LogP contribution in [0.5, 0.6) is 5.75 Å². The average Bonchev–Trinajstić information content (AvgIpc) is 3.06. The van der Waals surface area contributed by atoms with Gasteiger partial charge in [0.15, 0.2) is 11.6 Å². The fourth-order valence-corrected chi connectivity index (χ4v) is 3.56. The van der Waals surface area contributed by atoms with Crippen LogP contribution in [0.3, 0.4) is 0 Å². The molecule has 0 aliphatic rings. The molecule has 0 bridgehead atoms. The minimum atomic E-state index is -0.405. The second kappa shape index (κ2) is 8.05. The molecule has 6 heteroatoms. The average molecular weight is 371 g/mol. The van der Waals surface area contributed by atoms with E-state index in [0.29, 0.717) is 12.3 Å². The predicted molar refractivity (Wildman–Crippen MR) is 105 cm³/mol. The van der Waals surface area contributed by atoms with Gasteiger partial charge in [0.25, 0.3) is 0 Å². The Morgan fingerprint density at radius 2 is 2.00 bits per heavy atom. The van der Waals surface area contributed by atoms with Gasteiger partial charge in [-0.3, -0.25) is 4.98 Å². The third-order valence-corrected chi connectivity index (χ3v) is 4.95. The maximum atomic E-state index is 14.4. The van der Waals surface area contributed by atoms with Gasteiger partial charge < -0.3 is 14.0 Å². The summed E-state index contributed by atoms with van der Waals surface area (Å²) in [6, 6.07) is 5.34. The van der Waals surface area contributed by atoms with Gasteiger partial charge in [-0.25, -0.2) is 9.37 Å². The van der Waals surface area contributed by atoms with Gasteiger partial charge >= 0.3 is 0 Å². The molecule has 0 radical (unpaired) electrons. The topological polar surface area (TPSA) is 49.2 Å². The SMILES string of the molecule is CCc1nc2c(-c3cc(F)c(OC)cc3C)nccc2n1C(CC)COC. The molecule has 0 N–H and O–H groups in total. The number of pyridine rings is 1. The second-order valence-electron chi connectivity index (χ2n) is 6.60. The molecule has 3 rings (SSSR count). The number of hydrogen-bond acceptors (Lipinski definition) is 4. The third-order valence-electron chi connectivity index (χ3n) is 4.95. The van der Waals surface area contributed by atoms with Gasteiger partial charge in [0.2, 0.25) is 0 Å². The highest BCUT2D eigenvalue weighted by molar-refractivity contribution is 5.91. The number of ether oxygens (including phenoxy) is 2. The van der Waals surface area contributed by atoms with Crippen molar-refractivity contribution in [3.63, 3.8) is 0 Å². The Labute approximate surface area is 159 Å². The maximum Gasteiger partial charge on any atom is 0.165 e. The first-order valence-corrected chi connectivity index (χ1v) is 9.24. The molecule has 0 saturated heterocycles. The molecule has 0 fully saturated rings. The molecular formula is C21H26FN3O2. The predicted octanol–water partition coefficient (Wildman–Crippen LogP) is 4.71. The Bertz CT molecular complexity index is 952. The minimum absolute atomic E-state index is 0.193. The lowest BCUT2D eigenvalue weighted by Gasteiger charge is -2.19. The Kier molecular flexibility index (Phi) is 5.75. The molecule has 0 amide bonds. The molecule has 0 saturated carbocycles. The molecule has 5 nitrogen and oxygen atoms in total. The van der Waals surface area contributed by atoms with Crippen LogP contribution in [0.1, 0.15) is 37.7 Å². The summed E-state index contributed by atoms with van der Waals surface area (Å²) in [5.74, 6) is 0.807. The maximum absolute atomic E-state index is 14.4. The van der Waals surface area contributed by atoms with E-state index in [0.717, 1.165) is 40.8 Å². The number of methoxy groups -OCH3 is 2. The van der Waals surface area contributed by atoms with E-state index < -0.39 is 5.82 Å². The molecule has 1 aromatic carbocycles. The standard InChI is InChI=1S/C21H26FN3O2/c1-6-14(12-26-4)25-17-8-9-23-20(21(17)24-19(25)7-2)15-11-16(22)18(27-5)10-13(15)3/h8-11,14H,6-7,12H2,1-5H3. The molecule has 1 atom stereocenters. The highest BCUT2D eigenvalue weighted by Gasteiger charge is 2.21. The van der Waals surface area contributed by atoms with Crippen LogP contribution in [-0.4, -0.2) is 35.4 Å². The summed E-state index contributed by atoms with van der Waals surface area (Å²) in [5, 5.41) is 0. The third kappa shape index (κ3) is 3.41. The van der Waals surface area contributed by atoms with Gasteiger partial charge in [-0.05, 0) is 37.1 Å². The lowest BCUT2D eigenvalue weighted by atomic mass is 10.0. The highest BCUT2D eigenvalue weighted by atomic mass is 19.1. The fraction of sp³-hybridized carbons (Fsp3) is 0.429. The molecule has 2 aromatic heterocycles. The van der Waals surface area contributed by atoms with Gasteiger partial charge in [-0.2, -0.15) is 0 Å². The molecule has 2 heterocycles. The van der Waals surface area contributed by atoms with E-state index in [1.165, 1.54) is 13.2 Å². The van der Waals surface area contributed by atoms with Crippen LogP contribution in [0, 0.1) is 12.7 Å². The number of benzene rings is 1. The molecule has 0 aliphatic carbocycles. The van der Waals surface area contributed by atoms with Crippen LogP contribution in [0.25, 0.3) is 22.3 Å². The number of aryl methyl sites for hydroxylation is 2. The van der Waals surface area contributed by atoms with Crippen molar-refractivity contribution in [2.75, 3.05) is 20.8 Å². The Balaban J connectivity index is 2.25. The van der Waals surface area contributed by atoms with Crippen LogP contribution in [-0.2, 0) is 11.2 Å². The zero-order chi connectivity index (χ0) is 19.6. The zero-order valence-corrected chi connectivity index (χ0v) is 16.5. The molecule has 0 aliphatic heterocycles. The molecule has 1 unspecified atom stereocenters. The van der Waals surface area contributed by atoms with E-state index in [1.807, 2.05) is 13.0 Å². The van der Waals surface area contributed by atoms with Gasteiger partial charge in [0.05, 0.1) is 31.0 Å². The largest absolute Gasteiger partial charge is 0.494 e. The first-order valence-electron chi connectivity index (χ1n) is 9.24. The summed E-state index contributed by atoms with van der Waals surface area (Å²) in [7, 11) is 3.18. The Morgan fingerprint density at radius 1 is 1.22 bits per heavy atom. The molecule has 3 aromatic rings. The lowest BCUT2D eigenvalue weighted by molar-refractivity contribution is 0.153. The van der Waals surface area contributed by atoms with E-state index in [-0.39, 0.29) is 11.8 Å². The normalized spacial score (nSPS) is 12.5. The van der Waals surface area contributed by atoms with E-state index >= 15 is 0 Å². The number of imidazole rings is 1. The van der Waals surface area contributed by atoms with Gasteiger partial charge in [-0.1, -0.05) is 13.8 Å². The van der Waals surface area contributed by atoms with Gasteiger partial charge in [0, 0.05) is 25.3 Å². The number of aromatic nitrogens is 3. The molecule has 0 spiro atoms. The van der Waals surface area contributed by atoms with Crippen molar-refractivity contribution in [3.8, 4) is 17.0 Å². The smallest absolute Gasteiger partial charge is 0.165 e. The van der Waals surface area contributed by atoms with Crippen molar-refractivity contribution in [1.82, 2.24) is 14.5 Å². The summed E-state index contributed by atoms with van der Waals surface area (Å²) in [5.41, 5.74) is 4.09. The number of nitrogens with zero attached hydrogens (tertiary/aromatic N) is 3. The van der Waals surface area contributed by atoms with E-state index in [9.17, 15) is 4.39 Å². The highest BCUT2D eigenvalue weighted by Crippen LogP contribution is 2.34. The van der Waals surface area contributed by atoms with Crippen LogP contribution in [0.4, 0.5) is 4.39 Å². The van der Waals surface area contributed by atoms with Crippen LogP contribution >= 0.6 is 0 Å². The monoisotopic (exact) mass is 371 g/mol. The summed E-state index contributed by atoms with van der Waals surface area (Å²) in [6.07, 6.45) is 3.49. The minimum Gasteiger partial charge on any atom is -0.494 e. The number of hydrogen-bond donors (Lipinski definition) is 0. The molecular weight excluding hydrogens is 345 g/mol. The summed E-state index contributed by atoms with van der Waals surface area (Å²) in [6.45, 7) is 6.76. The van der Waals surface area contributed by atoms with Crippen LogP contribution < -0.4 is 4.74 Å². The number of rotatable bonds is 7. The van der Waals surface area contributed by atoms with Crippen molar-refractivity contribution in [2.24, 2.45) is 0 Å². The first kappa shape index (κ1) is 19.3. The van der Waals surface area contributed by atoms with Crippen molar-refractivity contribution in [3.05, 3.63) is 41.6 Å². The summed E-state index contributed by atoms with van der Waals surface area (Å²) < 4.78 is 27.1. The van der Waals surface area contributed by atoms with E-state index in [2.05, 4.69) is 23.4 Å².